The molecule has 6 nitrogen and oxygen atoms in total. The van der Waals surface area contributed by atoms with Crippen LogP contribution in [0.1, 0.15) is 11.1 Å². The van der Waals surface area contributed by atoms with Gasteiger partial charge in [0.05, 0.1) is 6.61 Å². The van der Waals surface area contributed by atoms with Crippen LogP contribution in [0.15, 0.2) is 24.3 Å². The van der Waals surface area contributed by atoms with Crippen molar-refractivity contribution in [2.75, 3.05) is 27.3 Å². The van der Waals surface area contributed by atoms with Crippen molar-refractivity contribution in [2.24, 2.45) is 0 Å². The summed E-state index contributed by atoms with van der Waals surface area (Å²) in [6.45, 7) is 1.17. The highest BCUT2D eigenvalue weighted by Gasteiger charge is 2.35. The number of urea groups is 1. The largest absolute Gasteiger partial charge is 0.480 e. The maximum atomic E-state index is 12.5. The molecular weight excluding hydrogens is 272 g/mol. The molecule has 0 bridgehead atoms. The van der Waals surface area contributed by atoms with Gasteiger partial charge in [0.1, 0.15) is 6.04 Å². The number of hydrogen-bond donors (Lipinski definition) is 1. The minimum Gasteiger partial charge on any atom is -0.480 e. The second-order valence-corrected chi connectivity index (χ2v) is 5.15. The van der Waals surface area contributed by atoms with E-state index >= 15 is 0 Å². The fourth-order valence-electron chi connectivity index (χ4n) is 2.49. The van der Waals surface area contributed by atoms with E-state index in [0.29, 0.717) is 26.1 Å². The smallest absolute Gasteiger partial charge is 0.326 e. The number of carbonyl (C=O) groups excluding carboxylic acids is 1. The van der Waals surface area contributed by atoms with Gasteiger partial charge >= 0.3 is 12.0 Å². The third kappa shape index (κ3) is 3.33. The van der Waals surface area contributed by atoms with E-state index in [2.05, 4.69) is 0 Å². The zero-order valence-corrected chi connectivity index (χ0v) is 12.3. The summed E-state index contributed by atoms with van der Waals surface area (Å²) in [5, 5.41) is 9.40. The summed E-state index contributed by atoms with van der Waals surface area (Å²) in [5.74, 6) is -0.974. The molecule has 0 unspecified atom stereocenters. The predicted molar refractivity (Wildman–Crippen MR) is 77.0 cm³/mol. The van der Waals surface area contributed by atoms with Crippen LogP contribution in [0.3, 0.4) is 0 Å². The molecular formula is C15H20N2O4. The number of carboxylic acid groups (broad SMARTS) is 1. The molecule has 0 aliphatic carbocycles. The topological polar surface area (TPSA) is 70.1 Å². The Bertz CT molecular complexity index is 532. The van der Waals surface area contributed by atoms with E-state index in [1.54, 1.807) is 14.2 Å². The van der Waals surface area contributed by atoms with Gasteiger partial charge in [0.2, 0.25) is 0 Å². The molecule has 0 saturated carbocycles. The standard InChI is InChI=1S/C15H20N2O4/c1-16(7-8-21-2)15(20)17-10-12-6-4-3-5-11(12)9-13(17)14(18)19/h3-6,13H,7-10H2,1-2H3,(H,18,19)/t13-/m0/s1. The van der Waals surface area contributed by atoms with Gasteiger partial charge in [-0.15, -0.1) is 0 Å². The molecule has 0 aromatic heterocycles. The molecule has 1 heterocycles. The lowest BCUT2D eigenvalue weighted by Crippen LogP contribution is -2.53. The highest BCUT2D eigenvalue weighted by Crippen LogP contribution is 2.24. The minimum atomic E-state index is -0.974. The molecule has 114 valence electrons. The first kappa shape index (κ1) is 15.3. The summed E-state index contributed by atoms with van der Waals surface area (Å²) < 4.78 is 4.95. The summed E-state index contributed by atoms with van der Waals surface area (Å²) in [7, 11) is 3.22. The van der Waals surface area contributed by atoms with E-state index in [1.165, 1.54) is 9.80 Å². The van der Waals surface area contributed by atoms with Crippen LogP contribution in [0.4, 0.5) is 4.79 Å². The molecule has 0 saturated heterocycles. The zero-order chi connectivity index (χ0) is 15.4. The number of likely N-dealkylation sites (N-methyl/N-ethyl adjacent to an activating group) is 1. The average Bonchev–Trinajstić information content (AvgIpc) is 2.50. The molecule has 2 rings (SSSR count). The molecule has 6 heteroatoms. The van der Waals surface area contributed by atoms with Gasteiger partial charge in [-0.05, 0) is 11.1 Å². The zero-order valence-electron chi connectivity index (χ0n) is 12.3. The van der Waals surface area contributed by atoms with E-state index in [4.69, 9.17) is 4.74 Å². The second kappa shape index (κ2) is 6.58. The maximum Gasteiger partial charge on any atom is 0.326 e. The lowest BCUT2D eigenvalue weighted by molar-refractivity contribution is -0.142. The van der Waals surface area contributed by atoms with Crippen LogP contribution in [-0.4, -0.2) is 60.3 Å². The first-order valence-corrected chi connectivity index (χ1v) is 6.85. The first-order valence-electron chi connectivity index (χ1n) is 6.85. The number of fused-ring (bicyclic) bond motifs is 1. The van der Waals surface area contributed by atoms with Crippen LogP contribution < -0.4 is 0 Å². The average molecular weight is 292 g/mol. The van der Waals surface area contributed by atoms with Crippen LogP contribution in [-0.2, 0) is 22.5 Å². The van der Waals surface area contributed by atoms with Crippen molar-refractivity contribution in [3.63, 3.8) is 0 Å². The lowest BCUT2D eigenvalue weighted by Gasteiger charge is -2.36. The van der Waals surface area contributed by atoms with Crippen molar-refractivity contribution in [1.82, 2.24) is 9.80 Å². The number of carboxylic acids is 1. The Kier molecular flexibility index (Phi) is 4.80. The van der Waals surface area contributed by atoms with Gasteiger partial charge in [-0.3, -0.25) is 0 Å². The fourth-order valence-corrected chi connectivity index (χ4v) is 2.49. The van der Waals surface area contributed by atoms with Gasteiger partial charge in [0.25, 0.3) is 0 Å². The SMILES string of the molecule is COCCN(C)C(=O)N1Cc2ccccc2C[C@H]1C(=O)O. The Balaban J connectivity index is 2.20. The van der Waals surface area contributed by atoms with E-state index in [1.807, 2.05) is 24.3 Å². The Hall–Kier alpha value is -2.08. The van der Waals surface area contributed by atoms with Crippen LogP contribution >= 0.6 is 0 Å². The summed E-state index contributed by atoms with van der Waals surface area (Å²) in [6.07, 6.45) is 0.343. The van der Waals surface area contributed by atoms with Gasteiger partial charge in [0, 0.05) is 33.7 Å². The van der Waals surface area contributed by atoms with Crippen LogP contribution in [0.5, 0.6) is 0 Å². The number of aliphatic carboxylic acids is 1. The van der Waals surface area contributed by atoms with Gasteiger partial charge in [0.15, 0.2) is 0 Å². The first-order chi connectivity index (χ1) is 10.0. The van der Waals surface area contributed by atoms with Crippen LogP contribution in [0, 0.1) is 0 Å². The molecule has 1 aromatic carbocycles. The van der Waals surface area contributed by atoms with Gasteiger partial charge in [-0.1, -0.05) is 24.3 Å². The number of ether oxygens (including phenoxy) is 1. The monoisotopic (exact) mass is 292 g/mol. The molecule has 1 aliphatic rings. The minimum absolute atomic E-state index is 0.283. The Labute approximate surface area is 123 Å². The molecule has 1 aromatic rings. The number of hydrogen-bond acceptors (Lipinski definition) is 3. The molecule has 0 radical (unpaired) electrons. The van der Waals surface area contributed by atoms with Gasteiger partial charge in [-0.2, -0.15) is 0 Å². The van der Waals surface area contributed by atoms with Gasteiger partial charge in [-0.25, -0.2) is 9.59 Å². The summed E-state index contributed by atoms with van der Waals surface area (Å²) >= 11 is 0. The third-order valence-corrected chi connectivity index (χ3v) is 3.74. The number of rotatable bonds is 4. The number of methoxy groups -OCH3 is 1. The summed E-state index contributed by atoms with van der Waals surface area (Å²) in [6, 6.07) is 6.54. The normalized spacial score (nSPS) is 17.2. The number of benzene rings is 1. The predicted octanol–water partition coefficient (Wildman–Crippen LogP) is 1.20. The van der Waals surface area contributed by atoms with E-state index < -0.39 is 12.0 Å². The summed E-state index contributed by atoms with van der Waals surface area (Å²) in [4.78, 5) is 26.9. The molecule has 2 amide bonds. The van der Waals surface area contributed by atoms with Crippen molar-refractivity contribution in [3.05, 3.63) is 35.4 Å². The number of carbonyl (C=O) groups is 2. The van der Waals surface area contributed by atoms with E-state index in [0.717, 1.165) is 11.1 Å². The fraction of sp³-hybridized carbons (Fsp3) is 0.467. The van der Waals surface area contributed by atoms with Crippen molar-refractivity contribution in [3.8, 4) is 0 Å². The Morgan fingerprint density at radius 1 is 1.38 bits per heavy atom. The van der Waals surface area contributed by atoms with Gasteiger partial charge < -0.3 is 19.6 Å². The number of amides is 2. The molecule has 1 N–H and O–H groups in total. The molecule has 1 atom stereocenters. The van der Waals surface area contributed by atoms with Crippen molar-refractivity contribution in [2.45, 2.75) is 19.0 Å². The van der Waals surface area contributed by atoms with E-state index in [-0.39, 0.29) is 6.03 Å². The molecule has 0 fully saturated rings. The Morgan fingerprint density at radius 2 is 2.05 bits per heavy atom. The highest BCUT2D eigenvalue weighted by atomic mass is 16.5. The Morgan fingerprint density at radius 3 is 2.67 bits per heavy atom. The summed E-state index contributed by atoms with van der Waals surface area (Å²) in [5.41, 5.74) is 2.00. The molecule has 1 aliphatic heterocycles. The van der Waals surface area contributed by atoms with E-state index in [9.17, 15) is 14.7 Å². The third-order valence-electron chi connectivity index (χ3n) is 3.74. The van der Waals surface area contributed by atoms with Crippen molar-refractivity contribution in [1.29, 1.82) is 0 Å². The lowest BCUT2D eigenvalue weighted by atomic mass is 9.94. The highest BCUT2D eigenvalue weighted by molar-refractivity contribution is 5.83. The molecule has 0 spiro atoms. The quantitative estimate of drug-likeness (QED) is 0.905. The van der Waals surface area contributed by atoms with Crippen molar-refractivity contribution >= 4 is 12.0 Å². The molecule has 21 heavy (non-hydrogen) atoms. The van der Waals surface area contributed by atoms with Crippen molar-refractivity contribution < 1.29 is 19.4 Å². The van der Waals surface area contributed by atoms with Crippen LogP contribution in [0.25, 0.3) is 0 Å². The maximum absolute atomic E-state index is 12.5. The van der Waals surface area contributed by atoms with Crippen LogP contribution in [0.2, 0.25) is 0 Å². The second-order valence-electron chi connectivity index (χ2n) is 5.15. The number of nitrogens with zero attached hydrogens (tertiary/aromatic N) is 2.